The standard InChI is InChI=1S/C14H17NO2/c1-2-12(11-16)13-3-5-14(6-4-13)15-7-9-17-10-8-15/h2-6,11-12H,1,7-10H2. The molecule has 17 heavy (non-hydrogen) atoms. The minimum atomic E-state index is -0.200. The van der Waals surface area contributed by atoms with Crippen LogP contribution in [0.2, 0.25) is 0 Å². The molecule has 0 radical (unpaired) electrons. The number of carbonyl (C=O) groups excluding carboxylic acids is 1. The van der Waals surface area contributed by atoms with E-state index in [2.05, 4.69) is 23.6 Å². The molecule has 0 aromatic heterocycles. The van der Waals surface area contributed by atoms with Gasteiger partial charge in [-0.25, -0.2) is 0 Å². The fraction of sp³-hybridized carbons (Fsp3) is 0.357. The Bertz CT molecular complexity index is 372. The summed E-state index contributed by atoms with van der Waals surface area (Å²) in [5.74, 6) is -0.200. The lowest BCUT2D eigenvalue weighted by Crippen LogP contribution is -2.36. The van der Waals surface area contributed by atoms with Crippen molar-refractivity contribution in [3.63, 3.8) is 0 Å². The maximum Gasteiger partial charge on any atom is 0.131 e. The second-order valence-electron chi connectivity index (χ2n) is 4.09. The molecule has 0 amide bonds. The molecule has 1 aromatic carbocycles. The molecule has 1 fully saturated rings. The molecule has 2 rings (SSSR count). The number of benzene rings is 1. The summed E-state index contributed by atoms with van der Waals surface area (Å²) >= 11 is 0. The van der Waals surface area contributed by atoms with E-state index in [0.717, 1.165) is 38.2 Å². The van der Waals surface area contributed by atoms with Crippen LogP contribution in [0.1, 0.15) is 11.5 Å². The van der Waals surface area contributed by atoms with E-state index in [-0.39, 0.29) is 5.92 Å². The number of morpholine rings is 1. The Balaban J connectivity index is 2.11. The first-order chi connectivity index (χ1) is 8.35. The summed E-state index contributed by atoms with van der Waals surface area (Å²) in [5.41, 5.74) is 2.18. The molecule has 1 aliphatic heterocycles. The number of ether oxygens (including phenoxy) is 1. The van der Waals surface area contributed by atoms with Gasteiger partial charge in [0.1, 0.15) is 6.29 Å². The summed E-state index contributed by atoms with van der Waals surface area (Å²) in [4.78, 5) is 13.1. The van der Waals surface area contributed by atoms with Crippen molar-refractivity contribution >= 4 is 12.0 Å². The Labute approximate surface area is 102 Å². The normalized spacial score (nSPS) is 17.5. The van der Waals surface area contributed by atoms with Gasteiger partial charge in [0.05, 0.1) is 19.1 Å². The molecule has 3 heteroatoms. The van der Waals surface area contributed by atoms with Crippen LogP contribution >= 0.6 is 0 Å². The van der Waals surface area contributed by atoms with Gasteiger partial charge in [-0.1, -0.05) is 18.2 Å². The van der Waals surface area contributed by atoms with Gasteiger partial charge in [0, 0.05) is 18.8 Å². The zero-order chi connectivity index (χ0) is 12.1. The average Bonchev–Trinajstić information content (AvgIpc) is 2.42. The van der Waals surface area contributed by atoms with Crippen molar-refractivity contribution in [2.45, 2.75) is 5.92 Å². The number of allylic oxidation sites excluding steroid dienone is 1. The Morgan fingerprint density at radius 3 is 2.41 bits per heavy atom. The Hall–Kier alpha value is -1.61. The van der Waals surface area contributed by atoms with Gasteiger partial charge in [-0.3, -0.25) is 0 Å². The van der Waals surface area contributed by atoms with E-state index < -0.39 is 0 Å². The molecule has 1 unspecified atom stereocenters. The highest BCUT2D eigenvalue weighted by molar-refractivity contribution is 5.66. The third-order valence-electron chi connectivity index (χ3n) is 3.05. The third kappa shape index (κ3) is 2.74. The number of aldehydes is 1. The molecular weight excluding hydrogens is 214 g/mol. The van der Waals surface area contributed by atoms with Crippen molar-refractivity contribution in [1.82, 2.24) is 0 Å². The predicted molar refractivity (Wildman–Crippen MR) is 68.5 cm³/mol. The molecule has 90 valence electrons. The van der Waals surface area contributed by atoms with Crippen LogP contribution < -0.4 is 4.90 Å². The van der Waals surface area contributed by atoms with Crippen LogP contribution in [-0.4, -0.2) is 32.6 Å². The van der Waals surface area contributed by atoms with Crippen LogP contribution in [0.15, 0.2) is 36.9 Å². The van der Waals surface area contributed by atoms with E-state index in [1.165, 1.54) is 5.69 Å². The number of nitrogens with zero attached hydrogens (tertiary/aromatic N) is 1. The molecule has 1 atom stereocenters. The zero-order valence-electron chi connectivity index (χ0n) is 9.84. The summed E-state index contributed by atoms with van der Waals surface area (Å²) < 4.78 is 5.32. The molecular formula is C14H17NO2. The van der Waals surface area contributed by atoms with Crippen LogP contribution in [0, 0.1) is 0 Å². The van der Waals surface area contributed by atoms with Gasteiger partial charge in [-0.2, -0.15) is 0 Å². The molecule has 1 aliphatic rings. The molecule has 3 nitrogen and oxygen atoms in total. The Kier molecular flexibility index (Phi) is 3.94. The van der Waals surface area contributed by atoms with Crippen molar-refractivity contribution in [2.24, 2.45) is 0 Å². The van der Waals surface area contributed by atoms with Gasteiger partial charge in [0.25, 0.3) is 0 Å². The largest absolute Gasteiger partial charge is 0.378 e. The smallest absolute Gasteiger partial charge is 0.131 e. The maximum absolute atomic E-state index is 10.8. The fourth-order valence-corrected chi connectivity index (χ4v) is 2.00. The topological polar surface area (TPSA) is 29.5 Å². The van der Waals surface area contributed by atoms with Crippen molar-refractivity contribution in [1.29, 1.82) is 0 Å². The van der Waals surface area contributed by atoms with Gasteiger partial charge >= 0.3 is 0 Å². The quantitative estimate of drug-likeness (QED) is 0.586. The molecule has 1 heterocycles. The van der Waals surface area contributed by atoms with Crippen molar-refractivity contribution in [3.05, 3.63) is 42.5 Å². The molecule has 1 saturated heterocycles. The van der Waals surface area contributed by atoms with Crippen LogP contribution in [0.5, 0.6) is 0 Å². The monoisotopic (exact) mass is 231 g/mol. The molecule has 0 N–H and O–H groups in total. The Morgan fingerprint density at radius 2 is 1.88 bits per heavy atom. The first kappa shape index (κ1) is 11.9. The summed E-state index contributed by atoms with van der Waals surface area (Å²) in [6, 6.07) is 8.10. The van der Waals surface area contributed by atoms with Gasteiger partial charge in [-0.05, 0) is 17.7 Å². The lowest BCUT2D eigenvalue weighted by atomic mass is 10.0. The second kappa shape index (κ2) is 5.64. The highest BCUT2D eigenvalue weighted by atomic mass is 16.5. The van der Waals surface area contributed by atoms with E-state index in [0.29, 0.717) is 0 Å². The highest BCUT2D eigenvalue weighted by Gasteiger charge is 2.12. The SMILES string of the molecule is C=CC(C=O)c1ccc(N2CCOCC2)cc1. The fourth-order valence-electron chi connectivity index (χ4n) is 2.00. The Morgan fingerprint density at radius 1 is 1.24 bits per heavy atom. The van der Waals surface area contributed by atoms with Crippen LogP contribution in [-0.2, 0) is 9.53 Å². The summed E-state index contributed by atoms with van der Waals surface area (Å²) in [6.45, 7) is 7.09. The number of hydrogen-bond donors (Lipinski definition) is 0. The van der Waals surface area contributed by atoms with Crippen LogP contribution in [0.25, 0.3) is 0 Å². The lowest BCUT2D eigenvalue weighted by Gasteiger charge is -2.29. The summed E-state index contributed by atoms with van der Waals surface area (Å²) in [5, 5.41) is 0. The number of carbonyl (C=O) groups is 1. The molecule has 1 aromatic rings. The first-order valence-electron chi connectivity index (χ1n) is 5.85. The van der Waals surface area contributed by atoms with Crippen LogP contribution in [0.4, 0.5) is 5.69 Å². The first-order valence-corrected chi connectivity index (χ1v) is 5.85. The second-order valence-corrected chi connectivity index (χ2v) is 4.09. The minimum absolute atomic E-state index is 0.200. The number of rotatable bonds is 4. The maximum atomic E-state index is 10.8. The third-order valence-corrected chi connectivity index (χ3v) is 3.05. The van der Waals surface area contributed by atoms with Gasteiger partial charge in [-0.15, -0.1) is 6.58 Å². The van der Waals surface area contributed by atoms with Gasteiger partial charge in [0.2, 0.25) is 0 Å². The molecule has 0 saturated carbocycles. The van der Waals surface area contributed by atoms with E-state index in [9.17, 15) is 4.79 Å². The summed E-state index contributed by atoms with van der Waals surface area (Å²) in [6.07, 6.45) is 2.58. The zero-order valence-corrected chi connectivity index (χ0v) is 9.84. The number of hydrogen-bond acceptors (Lipinski definition) is 3. The highest BCUT2D eigenvalue weighted by Crippen LogP contribution is 2.20. The van der Waals surface area contributed by atoms with E-state index >= 15 is 0 Å². The average molecular weight is 231 g/mol. The van der Waals surface area contributed by atoms with Crippen molar-refractivity contribution in [3.8, 4) is 0 Å². The molecule has 0 aliphatic carbocycles. The molecule has 0 spiro atoms. The number of anilines is 1. The van der Waals surface area contributed by atoms with E-state index in [4.69, 9.17) is 4.74 Å². The minimum Gasteiger partial charge on any atom is -0.378 e. The van der Waals surface area contributed by atoms with Crippen LogP contribution in [0.3, 0.4) is 0 Å². The van der Waals surface area contributed by atoms with Gasteiger partial charge in [0.15, 0.2) is 0 Å². The van der Waals surface area contributed by atoms with E-state index in [1.54, 1.807) is 6.08 Å². The summed E-state index contributed by atoms with van der Waals surface area (Å²) in [7, 11) is 0. The van der Waals surface area contributed by atoms with E-state index in [1.807, 2.05) is 12.1 Å². The molecule has 0 bridgehead atoms. The lowest BCUT2D eigenvalue weighted by molar-refractivity contribution is -0.108. The predicted octanol–water partition coefficient (Wildman–Crippen LogP) is 1.99. The van der Waals surface area contributed by atoms with Gasteiger partial charge < -0.3 is 14.4 Å². The van der Waals surface area contributed by atoms with Crippen molar-refractivity contribution < 1.29 is 9.53 Å². The van der Waals surface area contributed by atoms with Crippen molar-refractivity contribution in [2.75, 3.05) is 31.2 Å².